The Balaban J connectivity index is 1.93. The molecule has 0 aromatic heterocycles. The van der Waals surface area contributed by atoms with Crippen LogP contribution in [0.25, 0.3) is 0 Å². The number of ketones is 1. The molecule has 1 amide bonds. The SMILES string of the molecule is CCC(C)(C)C(=O)C(=O)N1CCCC1C(F)(F)NCCCc1ccccc1. The molecule has 0 saturated carbocycles. The van der Waals surface area contributed by atoms with Crippen LogP contribution >= 0.6 is 0 Å². The molecule has 1 atom stereocenters. The van der Waals surface area contributed by atoms with Gasteiger partial charge < -0.3 is 4.90 Å². The maximum atomic E-state index is 14.7. The van der Waals surface area contributed by atoms with Gasteiger partial charge in [0.15, 0.2) is 0 Å². The molecule has 1 fully saturated rings. The van der Waals surface area contributed by atoms with Gasteiger partial charge in [0.05, 0.1) is 0 Å². The van der Waals surface area contributed by atoms with Gasteiger partial charge in [-0.2, -0.15) is 8.78 Å². The van der Waals surface area contributed by atoms with Crippen molar-refractivity contribution in [2.24, 2.45) is 5.41 Å². The molecule has 1 aliphatic heterocycles. The van der Waals surface area contributed by atoms with E-state index in [9.17, 15) is 18.4 Å². The number of hydrogen-bond acceptors (Lipinski definition) is 3. The van der Waals surface area contributed by atoms with Gasteiger partial charge in [0.1, 0.15) is 6.04 Å². The molecule has 0 bridgehead atoms. The second kappa shape index (κ2) is 8.91. The number of Topliss-reactive ketones (excluding diaryl/α,β-unsaturated/α-hetero) is 1. The molecular weight excluding hydrogens is 350 g/mol. The first-order chi connectivity index (χ1) is 12.7. The van der Waals surface area contributed by atoms with Gasteiger partial charge in [-0.1, -0.05) is 51.1 Å². The molecule has 6 heteroatoms. The molecule has 1 heterocycles. The highest BCUT2D eigenvalue weighted by Gasteiger charge is 2.49. The van der Waals surface area contributed by atoms with Crippen molar-refractivity contribution in [2.75, 3.05) is 13.1 Å². The Kier molecular flexibility index (Phi) is 7.09. The van der Waals surface area contributed by atoms with Gasteiger partial charge in [-0.25, -0.2) is 0 Å². The summed E-state index contributed by atoms with van der Waals surface area (Å²) < 4.78 is 29.4. The van der Waals surface area contributed by atoms with Crippen LogP contribution in [-0.2, 0) is 16.0 Å². The Hall–Kier alpha value is -1.82. The van der Waals surface area contributed by atoms with Gasteiger partial charge in [-0.3, -0.25) is 14.9 Å². The summed E-state index contributed by atoms with van der Waals surface area (Å²) in [5.74, 6) is -1.37. The van der Waals surface area contributed by atoms with Gasteiger partial charge in [0.2, 0.25) is 5.78 Å². The van der Waals surface area contributed by atoms with Gasteiger partial charge in [-0.15, -0.1) is 0 Å². The fourth-order valence-corrected chi connectivity index (χ4v) is 3.28. The quantitative estimate of drug-likeness (QED) is 0.403. The number of aryl methyl sites for hydroxylation is 1. The van der Waals surface area contributed by atoms with E-state index in [2.05, 4.69) is 5.32 Å². The minimum atomic E-state index is -3.21. The Labute approximate surface area is 160 Å². The summed E-state index contributed by atoms with van der Waals surface area (Å²) in [7, 11) is 0. The number of likely N-dealkylation sites (tertiary alicyclic amines) is 1. The second-order valence-electron chi connectivity index (χ2n) is 7.86. The first-order valence-corrected chi connectivity index (χ1v) is 9.71. The van der Waals surface area contributed by atoms with E-state index in [1.165, 1.54) is 0 Å². The molecule has 1 unspecified atom stereocenters. The molecule has 1 aromatic carbocycles. The molecule has 1 saturated heterocycles. The van der Waals surface area contributed by atoms with E-state index in [0.717, 1.165) is 10.5 Å². The van der Waals surface area contributed by atoms with Crippen LogP contribution in [0.1, 0.15) is 52.0 Å². The van der Waals surface area contributed by atoms with Crippen molar-refractivity contribution in [3.63, 3.8) is 0 Å². The average Bonchev–Trinajstić information content (AvgIpc) is 3.15. The Bertz CT molecular complexity index is 647. The van der Waals surface area contributed by atoms with E-state index in [1.54, 1.807) is 13.8 Å². The van der Waals surface area contributed by atoms with Gasteiger partial charge in [0, 0.05) is 18.5 Å². The van der Waals surface area contributed by atoms with Gasteiger partial charge in [0.25, 0.3) is 5.91 Å². The van der Waals surface area contributed by atoms with Crippen LogP contribution in [-0.4, -0.2) is 41.8 Å². The minimum Gasteiger partial charge on any atom is -0.326 e. The maximum absolute atomic E-state index is 14.7. The lowest BCUT2D eigenvalue weighted by atomic mass is 9.84. The van der Waals surface area contributed by atoms with Crippen molar-refractivity contribution in [1.82, 2.24) is 10.2 Å². The summed E-state index contributed by atoms with van der Waals surface area (Å²) in [4.78, 5) is 26.0. The van der Waals surface area contributed by atoms with E-state index in [1.807, 2.05) is 37.3 Å². The molecule has 1 aromatic rings. The van der Waals surface area contributed by atoms with E-state index in [-0.39, 0.29) is 19.5 Å². The zero-order valence-corrected chi connectivity index (χ0v) is 16.4. The number of amides is 1. The van der Waals surface area contributed by atoms with E-state index in [0.29, 0.717) is 25.7 Å². The second-order valence-corrected chi connectivity index (χ2v) is 7.86. The maximum Gasteiger partial charge on any atom is 0.322 e. The van der Waals surface area contributed by atoms with Crippen LogP contribution in [0.4, 0.5) is 8.78 Å². The van der Waals surface area contributed by atoms with Crippen molar-refractivity contribution in [2.45, 2.75) is 65.0 Å². The monoisotopic (exact) mass is 380 g/mol. The summed E-state index contributed by atoms with van der Waals surface area (Å²) >= 11 is 0. The Morgan fingerprint density at radius 2 is 1.89 bits per heavy atom. The van der Waals surface area contributed by atoms with Crippen LogP contribution in [0.15, 0.2) is 30.3 Å². The van der Waals surface area contributed by atoms with Crippen LogP contribution in [0, 0.1) is 5.41 Å². The summed E-state index contributed by atoms with van der Waals surface area (Å²) in [6.07, 6.45) is 2.45. The number of nitrogens with one attached hydrogen (secondary N) is 1. The molecule has 4 nitrogen and oxygen atoms in total. The molecule has 150 valence electrons. The zero-order valence-electron chi connectivity index (χ0n) is 16.4. The van der Waals surface area contributed by atoms with Crippen molar-refractivity contribution < 1.29 is 18.4 Å². The number of carbonyl (C=O) groups excluding carboxylic acids is 2. The molecule has 2 rings (SSSR count). The molecule has 27 heavy (non-hydrogen) atoms. The predicted molar refractivity (Wildman–Crippen MR) is 102 cm³/mol. The smallest absolute Gasteiger partial charge is 0.322 e. The summed E-state index contributed by atoms with van der Waals surface area (Å²) in [5, 5.41) is 2.31. The highest BCUT2D eigenvalue weighted by Crippen LogP contribution is 2.32. The van der Waals surface area contributed by atoms with E-state index >= 15 is 0 Å². The first kappa shape index (κ1) is 21.5. The van der Waals surface area contributed by atoms with E-state index < -0.39 is 29.2 Å². The molecular formula is C21H30F2N2O2. The highest BCUT2D eigenvalue weighted by atomic mass is 19.3. The molecule has 0 radical (unpaired) electrons. The lowest BCUT2D eigenvalue weighted by Gasteiger charge is -2.33. The fraction of sp³-hybridized carbons (Fsp3) is 0.619. The first-order valence-electron chi connectivity index (χ1n) is 9.71. The number of carbonyl (C=O) groups is 2. The summed E-state index contributed by atoms with van der Waals surface area (Å²) in [6, 6.07) is 5.23. The van der Waals surface area contributed by atoms with Crippen LogP contribution in [0.5, 0.6) is 0 Å². The lowest BCUT2D eigenvalue weighted by molar-refractivity contribution is -0.157. The van der Waals surface area contributed by atoms with Crippen LogP contribution < -0.4 is 5.32 Å². The van der Waals surface area contributed by atoms with Crippen LogP contribution in [0.3, 0.4) is 0 Å². The summed E-state index contributed by atoms with van der Waals surface area (Å²) in [5.41, 5.74) is 0.274. The molecule has 1 N–H and O–H groups in total. The van der Waals surface area contributed by atoms with Gasteiger partial charge in [-0.05, 0) is 37.7 Å². The number of hydrogen-bond donors (Lipinski definition) is 1. The number of benzene rings is 1. The third-order valence-corrected chi connectivity index (χ3v) is 5.47. The summed E-state index contributed by atoms with van der Waals surface area (Å²) in [6.45, 7) is 5.53. The third-order valence-electron chi connectivity index (χ3n) is 5.47. The van der Waals surface area contributed by atoms with Crippen molar-refractivity contribution in [3.8, 4) is 0 Å². The zero-order chi connectivity index (χ0) is 20.1. The minimum absolute atomic E-state index is 0.148. The van der Waals surface area contributed by atoms with Crippen molar-refractivity contribution in [3.05, 3.63) is 35.9 Å². The van der Waals surface area contributed by atoms with Crippen LogP contribution in [0.2, 0.25) is 0 Å². The molecule has 0 aliphatic carbocycles. The van der Waals surface area contributed by atoms with Crippen molar-refractivity contribution >= 4 is 11.7 Å². The fourth-order valence-electron chi connectivity index (χ4n) is 3.28. The number of rotatable bonds is 9. The van der Waals surface area contributed by atoms with Crippen molar-refractivity contribution in [1.29, 1.82) is 0 Å². The number of halogens is 2. The Morgan fingerprint density at radius 1 is 1.22 bits per heavy atom. The number of alkyl halides is 2. The normalized spacial score (nSPS) is 18.0. The Morgan fingerprint density at radius 3 is 2.52 bits per heavy atom. The molecule has 1 aliphatic rings. The van der Waals surface area contributed by atoms with E-state index in [4.69, 9.17) is 0 Å². The van der Waals surface area contributed by atoms with Gasteiger partial charge >= 0.3 is 6.05 Å². The third kappa shape index (κ3) is 5.34. The predicted octanol–water partition coefficient (Wildman–Crippen LogP) is 3.80. The topological polar surface area (TPSA) is 49.4 Å². The number of nitrogens with zero attached hydrogens (tertiary/aromatic N) is 1. The highest BCUT2D eigenvalue weighted by molar-refractivity contribution is 6.38. The standard InChI is InChI=1S/C21H30F2N2O2/c1-4-20(2,3)18(26)19(27)25-15-9-13-17(25)21(22,23)24-14-8-12-16-10-6-5-7-11-16/h5-7,10-11,17,24H,4,8-9,12-15H2,1-3H3. The average molecular weight is 380 g/mol. The lowest BCUT2D eigenvalue weighted by Crippen LogP contribution is -2.56. The molecule has 0 spiro atoms. The largest absolute Gasteiger partial charge is 0.326 e.